The van der Waals surface area contributed by atoms with Crippen molar-refractivity contribution in [3.63, 3.8) is 0 Å². The molecule has 1 saturated heterocycles. The molecule has 2 aliphatic heterocycles. The molecule has 4 rings (SSSR count). The summed E-state index contributed by atoms with van der Waals surface area (Å²) >= 11 is 0. The molecule has 0 radical (unpaired) electrons. The summed E-state index contributed by atoms with van der Waals surface area (Å²) in [6, 6.07) is 16.4. The van der Waals surface area contributed by atoms with Crippen molar-refractivity contribution >= 4 is 36.4 Å². The number of nitrogens with one attached hydrogen (secondary N) is 1. The van der Waals surface area contributed by atoms with Crippen LogP contribution >= 0.6 is 24.8 Å². The van der Waals surface area contributed by atoms with E-state index < -0.39 is 0 Å². The van der Waals surface area contributed by atoms with Crippen LogP contribution in [0, 0.1) is 0 Å². The van der Waals surface area contributed by atoms with Gasteiger partial charge in [0.25, 0.3) is 0 Å². The molecule has 1 unspecified atom stereocenters. The van der Waals surface area contributed by atoms with E-state index in [1.54, 1.807) is 7.11 Å². The minimum atomic E-state index is 0. The third kappa shape index (κ3) is 4.37. The fourth-order valence-electron chi connectivity index (χ4n) is 4.05. The summed E-state index contributed by atoms with van der Waals surface area (Å²) in [6.45, 7) is 3.65. The number of carbonyl (C=O) groups is 1. The molecule has 152 valence electrons. The van der Waals surface area contributed by atoms with Gasteiger partial charge in [0.05, 0.1) is 19.7 Å². The highest BCUT2D eigenvalue weighted by molar-refractivity contribution is 5.85. The van der Waals surface area contributed by atoms with Crippen LogP contribution in [-0.2, 0) is 11.2 Å². The van der Waals surface area contributed by atoms with Gasteiger partial charge in [0.2, 0.25) is 5.91 Å². The number of ether oxygens (including phenoxy) is 1. The molecule has 2 aliphatic rings. The van der Waals surface area contributed by atoms with Gasteiger partial charge in [-0.2, -0.15) is 0 Å². The zero-order valence-electron chi connectivity index (χ0n) is 16.0. The highest BCUT2D eigenvalue weighted by atomic mass is 35.5. The van der Waals surface area contributed by atoms with Gasteiger partial charge in [-0.1, -0.05) is 36.4 Å². The standard InChI is InChI=1S/C21H25N3O2.2ClH/c1-26-20-9-5-3-7-17(20)19-14-22-11-13-24(19)21(25)15-23-12-10-16-6-2-4-8-18(16)23;;/h2-9,19,22H,10-15H2,1H3;2*1H. The Balaban J connectivity index is 0.00000140. The van der Waals surface area contributed by atoms with Gasteiger partial charge in [0.15, 0.2) is 0 Å². The number of anilines is 1. The molecule has 0 saturated carbocycles. The highest BCUT2D eigenvalue weighted by Gasteiger charge is 2.31. The molecule has 1 fully saturated rings. The van der Waals surface area contributed by atoms with Crippen LogP contribution in [-0.4, -0.2) is 50.6 Å². The van der Waals surface area contributed by atoms with Crippen molar-refractivity contribution in [1.29, 1.82) is 0 Å². The predicted octanol–water partition coefficient (Wildman–Crippen LogP) is 3.07. The summed E-state index contributed by atoms with van der Waals surface area (Å²) in [5, 5.41) is 3.42. The van der Waals surface area contributed by atoms with Gasteiger partial charge in [-0.05, 0) is 24.1 Å². The Morgan fingerprint density at radius 2 is 1.86 bits per heavy atom. The van der Waals surface area contributed by atoms with Gasteiger partial charge in [-0.15, -0.1) is 24.8 Å². The van der Waals surface area contributed by atoms with E-state index in [4.69, 9.17) is 4.74 Å². The van der Waals surface area contributed by atoms with Crippen LogP contribution in [0.25, 0.3) is 0 Å². The third-order valence-electron chi connectivity index (χ3n) is 5.37. The number of fused-ring (bicyclic) bond motifs is 1. The SMILES string of the molecule is COc1ccccc1C1CNCCN1C(=O)CN1CCc2ccccc21.Cl.Cl. The first-order chi connectivity index (χ1) is 12.8. The first kappa shape index (κ1) is 22.3. The van der Waals surface area contributed by atoms with Crippen LogP contribution in [0.3, 0.4) is 0 Å². The number of benzene rings is 2. The summed E-state index contributed by atoms with van der Waals surface area (Å²) in [7, 11) is 1.68. The minimum Gasteiger partial charge on any atom is -0.496 e. The van der Waals surface area contributed by atoms with E-state index in [0.717, 1.165) is 43.9 Å². The number of hydrogen-bond donors (Lipinski definition) is 1. The second-order valence-corrected chi connectivity index (χ2v) is 6.85. The topological polar surface area (TPSA) is 44.8 Å². The van der Waals surface area contributed by atoms with Crippen LogP contribution in [0.5, 0.6) is 5.75 Å². The molecule has 0 spiro atoms. The van der Waals surface area contributed by atoms with Crippen LogP contribution in [0.15, 0.2) is 48.5 Å². The van der Waals surface area contributed by atoms with Crippen molar-refractivity contribution in [2.45, 2.75) is 12.5 Å². The molecule has 5 nitrogen and oxygen atoms in total. The molecule has 28 heavy (non-hydrogen) atoms. The molecular formula is C21H27Cl2N3O2. The normalized spacial score (nSPS) is 18.0. The van der Waals surface area contributed by atoms with Gasteiger partial charge in [0.1, 0.15) is 5.75 Å². The average Bonchev–Trinajstić information content (AvgIpc) is 3.11. The first-order valence-corrected chi connectivity index (χ1v) is 9.24. The number of nitrogens with zero attached hydrogens (tertiary/aromatic N) is 2. The second-order valence-electron chi connectivity index (χ2n) is 6.85. The first-order valence-electron chi connectivity index (χ1n) is 9.24. The Labute approximate surface area is 178 Å². The molecule has 1 atom stereocenters. The molecule has 0 aliphatic carbocycles. The number of hydrogen-bond acceptors (Lipinski definition) is 4. The molecule has 2 aromatic rings. The predicted molar refractivity (Wildman–Crippen MR) is 117 cm³/mol. The molecule has 1 N–H and O–H groups in total. The summed E-state index contributed by atoms with van der Waals surface area (Å²) in [5.41, 5.74) is 3.60. The van der Waals surface area contributed by atoms with Crippen molar-refractivity contribution in [2.75, 3.05) is 44.7 Å². The summed E-state index contributed by atoms with van der Waals surface area (Å²) in [4.78, 5) is 17.4. The number of carbonyl (C=O) groups excluding carboxylic acids is 1. The Morgan fingerprint density at radius 1 is 1.11 bits per heavy atom. The van der Waals surface area contributed by atoms with Crippen LogP contribution in [0.2, 0.25) is 0 Å². The molecule has 0 aromatic heterocycles. The number of para-hydroxylation sites is 2. The molecule has 0 bridgehead atoms. The van der Waals surface area contributed by atoms with E-state index in [1.807, 2.05) is 29.2 Å². The van der Waals surface area contributed by atoms with E-state index in [2.05, 4.69) is 34.5 Å². The lowest BCUT2D eigenvalue weighted by Gasteiger charge is -2.38. The van der Waals surface area contributed by atoms with E-state index >= 15 is 0 Å². The number of methoxy groups -OCH3 is 1. The van der Waals surface area contributed by atoms with Gasteiger partial charge < -0.3 is 19.9 Å². The van der Waals surface area contributed by atoms with Crippen molar-refractivity contribution in [3.8, 4) is 5.75 Å². The monoisotopic (exact) mass is 423 g/mol. The Morgan fingerprint density at radius 3 is 2.68 bits per heavy atom. The van der Waals surface area contributed by atoms with Crippen molar-refractivity contribution in [1.82, 2.24) is 10.2 Å². The Bertz CT molecular complexity index is 803. The summed E-state index contributed by atoms with van der Waals surface area (Å²) < 4.78 is 5.53. The zero-order chi connectivity index (χ0) is 17.9. The quantitative estimate of drug-likeness (QED) is 0.820. The van der Waals surface area contributed by atoms with Crippen LogP contribution < -0.4 is 15.0 Å². The van der Waals surface area contributed by atoms with Crippen molar-refractivity contribution in [2.24, 2.45) is 0 Å². The molecule has 2 aromatic carbocycles. The zero-order valence-corrected chi connectivity index (χ0v) is 17.6. The molecule has 2 heterocycles. The second kappa shape index (κ2) is 10.0. The van der Waals surface area contributed by atoms with E-state index in [-0.39, 0.29) is 36.8 Å². The largest absolute Gasteiger partial charge is 0.496 e. The lowest BCUT2D eigenvalue weighted by molar-refractivity contribution is -0.133. The lowest BCUT2D eigenvalue weighted by atomic mass is 10.0. The van der Waals surface area contributed by atoms with Crippen molar-refractivity contribution in [3.05, 3.63) is 59.7 Å². The maximum absolute atomic E-state index is 13.2. The number of piperazine rings is 1. The lowest BCUT2D eigenvalue weighted by Crippen LogP contribution is -2.51. The fourth-order valence-corrected chi connectivity index (χ4v) is 4.05. The smallest absolute Gasteiger partial charge is 0.242 e. The van der Waals surface area contributed by atoms with Crippen LogP contribution in [0.1, 0.15) is 17.2 Å². The van der Waals surface area contributed by atoms with E-state index in [9.17, 15) is 4.79 Å². The van der Waals surface area contributed by atoms with Gasteiger partial charge in [-0.25, -0.2) is 0 Å². The van der Waals surface area contributed by atoms with Crippen LogP contribution in [0.4, 0.5) is 5.69 Å². The van der Waals surface area contributed by atoms with Gasteiger partial charge in [0, 0.05) is 37.4 Å². The van der Waals surface area contributed by atoms with Crippen molar-refractivity contribution < 1.29 is 9.53 Å². The maximum Gasteiger partial charge on any atom is 0.242 e. The van der Waals surface area contributed by atoms with E-state index in [1.165, 1.54) is 11.3 Å². The maximum atomic E-state index is 13.2. The summed E-state index contributed by atoms with van der Waals surface area (Å²) in [5.74, 6) is 1.02. The number of amides is 1. The molecule has 7 heteroatoms. The minimum absolute atomic E-state index is 0. The number of halogens is 2. The Hall–Kier alpha value is -1.95. The average molecular weight is 424 g/mol. The highest BCUT2D eigenvalue weighted by Crippen LogP contribution is 2.31. The molecule has 1 amide bonds. The van der Waals surface area contributed by atoms with Gasteiger partial charge >= 0.3 is 0 Å². The third-order valence-corrected chi connectivity index (χ3v) is 5.37. The van der Waals surface area contributed by atoms with Gasteiger partial charge in [-0.3, -0.25) is 4.79 Å². The Kier molecular flexibility index (Phi) is 7.98. The van der Waals surface area contributed by atoms with E-state index in [0.29, 0.717) is 6.54 Å². The number of rotatable bonds is 4. The summed E-state index contributed by atoms with van der Waals surface area (Å²) in [6.07, 6.45) is 1.01. The fraction of sp³-hybridized carbons (Fsp3) is 0.381. The molecular weight excluding hydrogens is 397 g/mol.